The third kappa shape index (κ3) is 5.55. The Morgan fingerprint density at radius 3 is 2.35 bits per heavy atom. The van der Waals surface area contributed by atoms with Crippen LogP contribution >= 0.6 is 23.1 Å². The average molecular weight is 561 g/mol. The first-order chi connectivity index (χ1) is 17.3. The highest BCUT2D eigenvalue weighted by molar-refractivity contribution is 8.00. The van der Waals surface area contributed by atoms with Crippen LogP contribution in [0.5, 0.6) is 0 Å². The van der Waals surface area contributed by atoms with Gasteiger partial charge >= 0.3 is 0 Å². The summed E-state index contributed by atoms with van der Waals surface area (Å²) in [5.74, 6) is -4.43. The van der Waals surface area contributed by atoms with Crippen molar-refractivity contribution in [2.75, 3.05) is 6.61 Å². The molecule has 0 radical (unpaired) electrons. The largest absolute Gasteiger partial charge is 0.394 e. The van der Waals surface area contributed by atoms with Gasteiger partial charge in [-0.2, -0.15) is 0 Å². The Hall–Kier alpha value is -2.07. The van der Waals surface area contributed by atoms with Crippen LogP contribution < -0.4 is 0 Å². The van der Waals surface area contributed by atoms with Gasteiger partial charge in [-0.05, 0) is 39.8 Å². The highest BCUT2D eigenvalue weighted by Gasteiger charge is 2.48. The van der Waals surface area contributed by atoms with E-state index in [0.29, 0.717) is 5.69 Å². The standard InChI is InChI=1S/C23H27F3N4O5S2/c1-9-17(27-10(2)36-9)21(23(3,4)34)37-22-20(33)18(19(32)15(8-31)35-22)30-7-14(28-29-30)11-5-12(24)16(26)13(25)6-11/h5-7,15,18-22,31-34H,8H2,1-4H3/t15-,18+,19+,20-,21+,22+/m1/s1. The van der Waals surface area contributed by atoms with Gasteiger partial charge in [-0.3, -0.25) is 0 Å². The summed E-state index contributed by atoms with van der Waals surface area (Å²) in [5, 5.41) is 50.8. The number of thioether (sulfide) groups is 1. The molecular weight excluding hydrogens is 533 g/mol. The van der Waals surface area contributed by atoms with Crippen molar-refractivity contribution in [1.82, 2.24) is 20.0 Å². The van der Waals surface area contributed by atoms with E-state index in [4.69, 9.17) is 4.74 Å². The third-order valence-corrected chi connectivity index (χ3v) is 8.68. The van der Waals surface area contributed by atoms with Crippen LogP contribution in [-0.2, 0) is 4.74 Å². The van der Waals surface area contributed by atoms with Crippen molar-refractivity contribution in [3.63, 3.8) is 0 Å². The van der Waals surface area contributed by atoms with E-state index in [1.54, 1.807) is 13.8 Å². The molecule has 6 atom stereocenters. The Bertz CT molecular complexity index is 1240. The van der Waals surface area contributed by atoms with Crippen LogP contribution in [0.2, 0.25) is 0 Å². The van der Waals surface area contributed by atoms with Crippen LogP contribution in [0.1, 0.15) is 40.7 Å². The van der Waals surface area contributed by atoms with E-state index < -0.39 is 64.7 Å². The van der Waals surface area contributed by atoms with Gasteiger partial charge in [0, 0.05) is 10.4 Å². The lowest BCUT2D eigenvalue weighted by Gasteiger charge is -2.43. The number of rotatable bonds is 7. The number of benzene rings is 1. The Balaban J connectivity index is 1.67. The summed E-state index contributed by atoms with van der Waals surface area (Å²) in [7, 11) is 0. The summed E-state index contributed by atoms with van der Waals surface area (Å²) in [6.45, 7) is 6.34. The van der Waals surface area contributed by atoms with Crippen LogP contribution in [0.25, 0.3) is 11.3 Å². The van der Waals surface area contributed by atoms with E-state index in [-0.39, 0.29) is 11.3 Å². The fourth-order valence-electron chi connectivity index (χ4n) is 4.24. The van der Waals surface area contributed by atoms with Gasteiger partial charge in [-0.15, -0.1) is 28.2 Å². The minimum atomic E-state index is -1.62. The lowest BCUT2D eigenvalue weighted by atomic mass is 9.97. The number of hydrogen-bond donors (Lipinski definition) is 4. The van der Waals surface area contributed by atoms with Gasteiger partial charge in [-0.1, -0.05) is 5.21 Å². The lowest BCUT2D eigenvalue weighted by molar-refractivity contribution is -0.179. The zero-order valence-corrected chi connectivity index (χ0v) is 22.0. The summed E-state index contributed by atoms with van der Waals surface area (Å²) in [4.78, 5) is 5.43. The van der Waals surface area contributed by atoms with E-state index in [1.165, 1.54) is 17.5 Å². The van der Waals surface area contributed by atoms with E-state index >= 15 is 0 Å². The van der Waals surface area contributed by atoms with Gasteiger partial charge in [-0.25, -0.2) is 22.8 Å². The molecule has 14 heteroatoms. The smallest absolute Gasteiger partial charge is 0.194 e. The molecule has 9 nitrogen and oxygen atoms in total. The Kier molecular flexibility index (Phi) is 8.00. The van der Waals surface area contributed by atoms with Crippen LogP contribution in [0.4, 0.5) is 13.2 Å². The van der Waals surface area contributed by atoms with Crippen molar-refractivity contribution in [3.05, 3.63) is 51.4 Å². The van der Waals surface area contributed by atoms with Crippen LogP contribution in [0, 0.1) is 31.3 Å². The number of halogens is 3. The molecule has 2 aromatic heterocycles. The molecular formula is C23H27F3N4O5S2. The van der Waals surface area contributed by atoms with Crippen molar-refractivity contribution < 1.29 is 38.3 Å². The van der Waals surface area contributed by atoms with Crippen molar-refractivity contribution in [1.29, 1.82) is 0 Å². The highest BCUT2D eigenvalue weighted by Crippen LogP contribution is 2.47. The van der Waals surface area contributed by atoms with Gasteiger partial charge < -0.3 is 25.2 Å². The normalized spacial score (nSPS) is 25.4. The first kappa shape index (κ1) is 28.0. The van der Waals surface area contributed by atoms with E-state index in [9.17, 15) is 33.6 Å². The SMILES string of the molecule is Cc1nc([C@H](S[C@@H]2O[C@H](CO)[C@H](O)[C@H](n3cc(-c4cc(F)c(F)c(F)c4)nn3)[C@H]2O)C(C)(C)O)c(C)s1. The fraction of sp³-hybridized carbons (Fsp3) is 0.522. The van der Waals surface area contributed by atoms with E-state index in [1.807, 2.05) is 13.8 Å². The van der Waals surface area contributed by atoms with Gasteiger partial charge in [0.25, 0.3) is 0 Å². The number of ether oxygens (including phenoxy) is 1. The molecule has 1 aromatic carbocycles. The number of aliphatic hydroxyl groups is 4. The van der Waals surface area contributed by atoms with Crippen molar-refractivity contribution in [2.45, 2.75) is 68.3 Å². The Morgan fingerprint density at radius 2 is 1.81 bits per heavy atom. The molecule has 3 heterocycles. The number of nitrogens with zero attached hydrogens (tertiary/aromatic N) is 4. The van der Waals surface area contributed by atoms with Gasteiger partial charge in [0.15, 0.2) is 17.5 Å². The monoisotopic (exact) mass is 560 g/mol. The number of thiazole rings is 1. The molecule has 0 aliphatic carbocycles. The van der Waals surface area contributed by atoms with Gasteiger partial charge in [0.2, 0.25) is 0 Å². The first-order valence-corrected chi connectivity index (χ1v) is 13.1. The Labute approximate surface area is 218 Å². The molecule has 1 aliphatic heterocycles. The average Bonchev–Trinajstić information content (AvgIpc) is 3.42. The van der Waals surface area contributed by atoms with Crippen LogP contribution in [0.3, 0.4) is 0 Å². The van der Waals surface area contributed by atoms with Gasteiger partial charge in [0.1, 0.15) is 35.5 Å². The first-order valence-electron chi connectivity index (χ1n) is 11.3. The molecule has 1 fully saturated rings. The summed E-state index contributed by atoms with van der Waals surface area (Å²) < 4.78 is 47.7. The molecule has 0 amide bonds. The number of aromatic nitrogens is 4. The number of aryl methyl sites for hydroxylation is 2. The highest BCUT2D eigenvalue weighted by atomic mass is 32.2. The molecule has 0 spiro atoms. The molecule has 0 unspecified atom stereocenters. The van der Waals surface area contributed by atoms with Crippen LogP contribution in [-0.4, -0.2) is 76.4 Å². The molecule has 37 heavy (non-hydrogen) atoms. The number of aliphatic hydroxyl groups excluding tert-OH is 3. The minimum Gasteiger partial charge on any atom is -0.394 e. The van der Waals surface area contributed by atoms with Gasteiger partial charge in [0.05, 0.1) is 34.4 Å². The maximum Gasteiger partial charge on any atom is 0.194 e. The Morgan fingerprint density at radius 1 is 1.16 bits per heavy atom. The zero-order chi connectivity index (χ0) is 27.2. The summed E-state index contributed by atoms with van der Waals surface area (Å²) in [6.07, 6.45) is -2.73. The fourth-order valence-corrected chi connectivity index (χ4v) is 6.66. The molecule has 0 bridgehead atoms. The quantitative estimate of drug-likeness (QED) is 0.322. The molecule has 0 saturated carbocycles. The molecule has 3 aromatic rings. The molecule has 202 valence electrons. The topological polar surface area (TPSA) is 134 Å². The zero-order valence-electron chi connectivity index (χ0n) is 20.3. The molecule has 4 rings (SSSR count). The summed E-state index contributed by atoms with van der Waals surface area (Å²) >= 11 is 2.55. The maximum absolute atomic E-state index is 13.7. The minimum absolute atomic E-state index is 0.0311. The second-order valence-corrected chi connectivity index (χ2v) is 12.0. The lowest BCUT2D eigenvalue weighted by Crippen LogP contribution is -2.55. The summed E-state index contributed by atoms with van der Waals surface area (Å²) in [5.41, 5.74) is -1.83. The molecule has 1 saturated heterocycles. The molecule has 4 N–H and O–H groups in total. The maximum atomic E-state index is 13.7. The number of hydrogen-bond acceptors (Lipinski definition) is 10. The predicted octanol–water partition coefficient (Wildman–Crippen LogP) is 2.66. The van der Waals surface area contributed by atoms with Crippen molar-refractivity contribution in [3.8, 4) is 11.3 Å². The second kappa shape index (κ2) is 10.6. The molecule has 1 aliphatic rings. The van der Waals surface area contributed by atoms with E-state index in [2.05, 4.69) is 15.3 Å². The second-order valence-electron chi connectivity index (χ2n) is 9.38. The summed E-state index contributed by atoms with van der Waals surface area (Å²) in [6, 6.07) is 0.330. The van der Waals surface area contributed by atoms with Crippen molar-refractivity contribution in [2.24, 2.45) is 0 Å². The third-order valence-electron chi connectivity index (χ3n) is 6.04. The van der Waals surface area contributed by atoms with Crippen molar-refractivity contribution >= 4 is 23.1 Å². The predicted molar refractivity (Wildman–Crippen MR) is 130 cm³/mol. The van der Waals surface area contributed by atoms with Crippen LogP contribution in [0.15, 0.2) is 18.3 Å². The van der Waals surface area contributed by atoms with E-state index in [0.717, 1.165) is 38.5 Å².